The van der Waals surface area contributed by atoms with Crippen LogP contribution in [0.5, 0.6) is 5.75 Å². The Morgan fingerprint density at radius 1 is 1.22 bits per heavy atom. The Hall–Kier alpha value is -1.81. The van der Waals surface area contributed by atoms with Gasteiger partial charge in [-0.1, -0.05) is 18.2 Å². The van der Waals surface area contributed by atoms with Gasteiger partial charge in [-0.2, -0.15) is 0 Å². The number of para-hydroxylation sites is 1. The maximum Gasteiger partial charge on any atom is 0.224 e. The number of rotatable bonds is 5. The van der Waals surface area contributed by atoms with Gasteiger partial charge in [-0.05, 0) is 29.8 Å². The molecule has 0 aliphatic rings. The Balaban J connectivity index is 1.83. The molecule has 2 rings (SSSR count). The van der Waals surface area contributed by atoms with Crippen molar-refractivity contribution >= 4 is 17.4 Å². The van der Waals surface area contributed by atoms with Gasteiger partial charge in [-0.25, -0.2) is 9.97 Å². The number of nitrogens with zero attached hydrogens (tertiary/aromatic N) is 3. The lowest BCUT2D eigenvalue weighted by atomic mass is 10.3. The molecule has 1 aromatic carbocycles. The van der Waals surface area contributed by atoms with Crippen LogP contribution in [0.1, 0.15) is 0 Å². The van der Waals surface area contributed by atoms with Gasteiger partial charge in [0.1, 0.15) is 18.2 Å². The summed E-state index contributed by atoms with van der Waals surface area (Å²) in [6, 6.07) is 11.5. The van der Waals surface area contributed by atoms with Crippen molar-refractivity contribution in [3.63, 3.8) is 0 Å². The minimum absolute atomic E-state index is 0.253. The van der Waals surface area contributed by atoms with Crippen molar-refractivity contribution in [2.24, 2.45) is 0 Å². The molecule has 0 fully saturated rings. The van der Waals surface area contributed by atoms with E-state index in [1.165, 1.54) is 0 Å². The molecule has 0 unspecified atom stereocenters. The van der Waals surface area contributed by atoms with Gasteiger partial charge in [0, 0.05) is 13.2 Å². The standard InChI is InChI=1S/C13H14ClN3O/c1-17(12-7-8-15-13(14)16-12)9-10-18-11-5-3-2-4-6-11/h2-8H,9-10H2,1H3. The first-order chi connectivity index (χ1) is 8.75. The molecule has 0 amide bonds. The van der Waals surface area contributed by atoms with Crippen molar-refractivity contribution in [2.45, 2.75) is 0 Å². The fourth-order valence-electron chi connectivity index (χ4n) is 1.47. The third-order valence-corrected chi connectivity index (χ3v) is 2.62. The van der Waals surface area contributed by atoms with E-state index in [2.05, 4.69) is 9.97 Å². The van der Waals surface area contributed by atoms with Crippen molar-refractivity contribution < 1.29 is 4.74 Å². The monoisotopic (exact) mass is 263 g/mol. The summed E-state index contributed by atoms with van der Waals surface area (Å²) in [5, 5.41) is 0.253. The highest BCUT2D eigenvalue weighted by atomic mass is 35.5. The molecule has 94 valence electrons. The smallest absolute Gasteiger partial charge is 0.224 e. The minimum atomic E-state index is 0.253. The predicted molar refractivity (Wildman–Crippen MR) is 72.2 cm³/mol. The van der Waals surface area contributed by atoms with E-state index in [1.54, 1.807) is 6.20 Å². The molecule has 0 aliphatic carbocycles. The van der Waals surface area contributed by atoms with E-state index >= 15 is 0 Å². The fourth-order valence-corrected chi connectivity index (χ4v) is 1.61. The molecular formula is C13H14ClN3O. The lowest BCUT2D eigenvalue weighted by molar-refractivity contribution is 0.325. The van der Waals surface area contributed by atoms with E-state index in [0.717, 1.165) is 18.1 Å². The van der Waals surface area contributed by atoms with Gasteiger partial charge in [-0.15, -0.1) is 0 Å². The van der Waals surface area contributed by atoms with E-state index in [-0.39, 0.29) is 5.28 Å². The molecule has 0 atom stereocenters. The van der Waals surface area contributed by atoms with E-state index in [0.29, 0.717) is 6.61 Å². The number of anilines is 1. The molecule has 0 bridgehead atoms. The first-order valence-electron chi connectivity index (χ1n) is 5.63. The highest BCUT2D eigenvalue weighted by molar-refractivity contribution is 6.28. The molecule has 0 radical (unpaired) electrons. The van der Waals surface area contributed by atoms with Crippen LogP contribution < -0.4 is 9.64 Å². The SMILES string of the molecule is CN(CCOc1ccccc1)c1ccnc(Cl)n1. The Bertz CT molecular complexity index is 493. The Labute approximate surface area is 111 Å². The molecule has 0 spiro atoms. The summed E-state index contributed by atoms with van der Waals surface area (Å²) in [6.07, 6.45) is 1.64. The molecule has 18 heavy (non-hydrogen) atoms. The molecule has 4 nitrogen and oxygen atoms in total. The number of ether oxygens (including phenoxy) is 1. The third-order valence-electron chi connectivity index (χ3n) is 2.44. The predicted octanol–water partition coefficient (Wildman–Crippen LogP) is 2.65. The molecule has 0 aliphatic heterocycles. The van der Waals surface area contributed by atoms with Gasteiger partial charge in [0.2, 0.25) is 5.28 Å². The second-order valence-corrected chi connectivity index (χ2v) is 4.11. The van der Waals surface area contributed by atoms with Crippen LogP contribution in [0.4, 0.5) is 5.82 Å². The quantitative estimate of drug-likeness (QED) is 0.778. The van der Waals surface area contributed by atoms with Crippen molar-refractivity contribution in [1.82, 2.24) is 9.97 Å². The summed E-state index contributed by atoms with van der Waals surface area (Å²) in [7, 11) is 1.94. The Morgan fingerprint density at radius 2 is 2.00 bits per heavy atom. The molecule has 0 saturated heterocycles. The van der Waals surface area contributed by atoms with Crippen LogP contribution in [0.3, 0.4) is 0 Å². The first-order valence-corrected chi connectivity index (χ1v) is 6.01. The van der Waals surface area contributed by atoms with E-state index in [4.69, 9.17) is 16.3 Å². The van der Waals surface area contributed by atoms with E-state index in [1.807, 2.05) is 48.3 Å². The molecule has 0 saturated carbocycles. The zero-order chi connectivity index (χ0) is 12.8. The second-order valence-electron chi connectivity index (χ2n) is 3.77. The Morgan fingerprint density at radius 3 is 2.72 bits per heavy atom. The summed E-state index contributed by atoms with van der Waals surface area (Å²) in [4.78, 5) is 9.94. The van der Waals surface area contributed by atoms with Crippen LogP contribution in [0, 0.1) is 0 Å². The highest BCUT2D eigenvalue weighted by Gasteiger charge is 2.03. The maximum absolute atomic E-state index is 5.74. The average molecular weight is 264 g/mol. The van der Waals surface area contributed by atoms with Gasteiger partial charge >= 0.3 is 0 Å². The van der Waals surface area contributed by atoms with Crippen LogP contribution in [0.15, 0.2) is 42.6 Å². The summed E-state index contributed by atoms with van der Waals surface area (Å²) in [5.74, 6) is 1.65. The normalized spacial score (nSPS) is 10.1. The topological polar surface area (TPSA) is 38.2 Å². The molecule has 2 aromatic rings. The van der Waals surface area contributed by atoms with Gasteiger partial charge in [0.15, 0.2) is 0 Å². The number of halogens is 1. The second kappa shape index (κ2) is 6.21. The van der Waals surface area contributed by atoms with Crippen molar-refractivity contribution in [1.29, 1.82) is 0 Å². The fraction of sp³-hybridized carbons (Fsp3) is 0.231. The molecule has 0 N–H and O–H groups in total. The zero-order valence-electron chi connectivity index (χ0n) is 10.1. The zero-order valence-corrected chi connectivity index (χ0v) is 10.8. The molecular weight excluding hydrogens is 250 g/mol. The van der Waals surface area contributed by atoms with Crippen LogP contribution >= 0.6 is 11.6 Å². The lowest BCUT2D eigenvalue weighted by Crippen LogP contribution is -2.24. The van der Waals surface area contributed by atoms with Crippen LogP contribution in [-0.2, 0) is 0 Å². The van der Waals surface area contributed by atoms with Crippen LogP contribution in [-0.4, -0.2) is 30.2 Å². The molecule has 5 heteroatoms. The number of hydrogen-bond donors (Lipinski definition) is 0. The minimum Gasteiger partial charge on any atom is -0.492 e. The van der Waals surface area contributed by atoms with Gasteiger partial charge < -0.3 is 9.64 Å². The lowest BCUT2D eigenvalue weighted by Gasteiger charge is -2.18. The van der Waals surface area contributed by atoms with Gasteiger partial charge in [0.05, 0.1) is 6.54 Å². The number of hydrogen-bond acceptors (Lipinski definition) is 4. The number of aromatic nitrogens is 2. The summed E-state index contributed by atoms with van der Waals surface area (Å²) < 4.78 is 5.61. The largest absolute Gasteiger partial charge is 0.492 e. The summed E-state index contributed by atoms with van der Waals surface area (Å²) in [5.41, 5.74) is 0. The summed E-state index contributed by atoms with van der Waals surface area (Å²) >= 11 is 5.74. The van der Waals surface area contributed by atoms with Gasteiger partial charge in [-0.3, -0.25) is 0 Å². The maximum atomic E-state index is 5.74. The van der Waals surface area contributed by atoms with Crippen LogP contribution in [0.2, 0.25) is 5.28 Å². The van der Waals surface area contributed by atoms with E-state index < -0.39 is 0 Å². The molecule has 1 heterocycles. The first kappa shape index (κ1) is 12.6. The number of benzene rings is 1. The van der Waals surface area contributed by atoms with Crippen molar-refractivity contribution in [3.8, 4) is 5.75 Å². The molecule has 1 aromatic heterocycles. The van der Waals surface area contributed by atoms with E-state index in [9.17, 15) is 0 Å². The average Bonchev–Trinajstić information content (AvgIpc) is 2.40. The van der Waals surface area contributed by atoms with Gasteiger partial charge in [0.25, 0.3) is 0 Å². The number of likely N-dealkylation sites (N-methyl/N-ethyl adjacent to an activating group) is 1. The highest BCUT2D eigenvalue weighted by Crippen LogP contribution is 2.11. The summed E-state index contributed by atoms with van der Waals surface area (Å²) in [6.45, 7) is 1.31. The van der Waals surface area contributed by atoms with Crippen LogP contribution in [0.25, 0.3) is 0 Å². The van der Waals surface area contributed by atoms with Crippen molar-refractivity contribution in [2.75, 3.05) is 25.1 Å². The Kier molecular flexibility index (Phi) is 4.36. The van der Waals surface area contributed by atoms with Crippen molar-refractivity contribution in [3.05, 3.63) is 47.9 Å². The third kappa shape index (κ3) is 3.60.